The van der Waals surface area contributed by atoms with Crippen LogP contribution in [0.15, 0.2) is 30.3 Å². The van der Waals surface area contributed by atoms with E-state index in [0.29, 0.717) is 17.3 Å². The van der Waals surface area contributed by atoms with Gasteiger partial charge < -0.3 is 15.5 Å². The second-order valence-electron chi connectivity index (χ2n) is 12.0. The summed E-state index contributed by atoms with van der Waals surface area (Å²) >= 11 is 0. The normalized spacial score (nSPS) is 46.8. The van der Waals surface area contributed by atoms with Crippen molar-refractivity contribution in [3.63, 3.8) is 0 Å². The van der Waals surface area contributed by atoms with E-state index >= 15 is 0 Å². The molecule has 31 heavy (non-hydrogen) atoms. The molecule has 3 nitrogen and oxygen atoms in total. The highest BCUT2D eigenvalue weighted by Crippen LogP contribution is 2.66. The number of hydrogen-bond donors (Lipinski definition) is 3. The van der Waals surface area contributed by atoms with Crippen LogP contribution in [0.3, 0.4) is 0 Å². The maximum Gasteiger partial charge on any atom is 0.0696 e. The van der Waals surface area contributed by atoms with E-state index in [9.17, 15) is 10.2 Å². The van der Waals surface area contributed by atoms with Crippen molar-refractivity contribution in [2.24, 2.45) is 34.5 Å². The van der Waals surface area contributed by atoms with Gasteiger partial charge in [-0.25, -0.2) is 0 Å². The van der Waals surface area contributed by atoms with Gasteiger partial charge in [0.25, 0.3) is 0 Å². The van der Waals surface area contributed by atoms with Gasteiger partial charge in [0.05, 0.1) is 12.2 Å². The highest BCUT2D eigenvalue weighted by molar-refractivity contribution is 5.15. The zero-order valence-corrected chi connectivity index (χ0v) is 19.6. The van der Waals surface area contributed by atoms with Crippen LogP contribution < -0.4 is 5.32 Å². The SMILES string of the molecule is C[C@]12C[C@H](NCCCc3ccccc3)[C@@H](O)C[C@@H]1CC[C@@H]1[C@@H]2CC[C@]2(C)[C@@H](O)CC[C@@H]12. The number of fused-ring (bicyclic) bond motifs is 5. The maximum absolute atomic E-state index is 11.0. The first kappa shape index (κ1) is 21.9. The van der Waals surface area contributed by atoms with E-state index in [0.717, 1.165) is 50.5 Å². The Hall–Kier alpha value is -0.900. The Bertz CT molecular complexity index is 753. The van der Waals surface area contributed by atoms with Gasteiger partial charge >= 0.3 is 0 Å². The molecular weight excluding hydrogens is 382 g/mol. The predicted molar refractivity (Wildman–Crippen MR) is 126 cm³/mol. The monoisotopic (exact) mass is 425 g/mol. The summed E-state index contributed by atoms with van der Waals surface area (Å²) in [5.41, 5.74) is 1.90. The third kappa shape index (κ3) is 3.79. The van der Waals surface area contributed by atoms with Crippen LogP contribution in [-0.2, 0) is 6.42 Å². The van der Waals surface area contributed by atoms with E-state index in [4.69, 9.17) is 0 Å². The molecule has 4 aliphatic carbocycles. The first-order chi connectivity index (χ1) is 14.9. The van der Waals surface area contributed by atoms with Gasteiger partial charge in [0.2, 0.25) is 0 Å². The average Bonchev–Trinajstić information content (AvgIpc) is 3.07. The minimum absolute atomic E-state index is 0.0869. The predicted octanol–water partition coefficient (Wildman–Crippen LogP) is 4.95. The van der Waals surface area contributed by atoms with Crippen molar-refractivity contribution in [3.8, 4) is 0 Å². The number of nitrogens with one attached hydrogen (secondary N) is 1. The van der Waals surface area contributed by atoms with Crippen molar-refractivity contribution in [2.45, 2.75) is 96.3 Å². The Labute approximate surface area is 189 Å². The first-order valence-electron chi connectivity index (χ1n) is 13.1. The van der Waals surface area contributed by atoms with Gasteiger partial charge in [0.15, 0.2) is 0 Å². The number of rotatable bonds is 5. The molecule has 0 aliphatic heterocycles. The van der Waals surface area contributed by atoms with E-state index in [1.807, 2.05) is 0 Å². The van der Waals surface area contributed by atoms with Crippen LogP contribution in [0.5, 0.6) is 0 Å². The van der Waals surface area contributed by atoms with Gasteiger partial charge in [-0.05, 0) is 111 Å². The van der Waals surface area contributed by atoms with Gasteiger partial charge in [0.1, 0.15) is 0 Å². The molecular formula is C28H43NO2. The van der Waals surface area contributed by atoms with Crippen LogP contribution in [0.1, 0.15) is 77.2 Å². The zero-order chi connectivity index (χ0) is 21.6. The first-order valence-corrected chi connectivity index (χ1v) is 13.1. The molecule has 3 heteroatoms. The number of hydrogen-bond acceptors (Lipinski definition) is 3. The molecule has 0 aromatic heterocycles. The van der Waals surface area contributed by atoms with Crippen LogP contribution in [0.4, 0.5) is 0 Å². The van der Waals surface area contributed by atoms with Gasteiger partial charge in [-0.3, -0.25) is 0 Å². The van der Waals surface area contributed by atoms with Gasteiger partial charge in [-0.1, -0.05) is 44.2 Å². The summed E-state index contributed by atoms with van der Waals surface area (Å²) in [6, 6.07) is 11.0. The topological polar surface area (TPSA) is 52.5 Å². The molecule has 0 unspecified atom stereocenters. The van der Waals surface area contributed by atoms with Crippen molar-refractivity contribution in [1.82, 2.24) is 5.32 Å². The molecule has 4 fully saturated rings. The largest absolute Gasteiger partial charge is 0.393 e. The molecule has 9 atom stereocenters. The fraction of sp³-hybridized carbons (Fsp3) is 0.786. The van der Waals surface area contributed by atoms with E-state index in [1.54, 1.807) is 0 Å². The third-order valence-electron chi connectivity index (χ3n) is 10.6. The minimum atomic E-state index is -0.200. The molecule has 0 spiro atoms. The summed E-state index contributed by atoms with van der Waals surface area (Å²) in [6.07, 6.45) is 11.3. The third-order valence-corrected chi connectivity index (χ3v) is 10.6. The minimum Gasteiger partial charge on any atom is -0.393 e. The van der Waals surface area contributed by atoms with E-state index in [-0.39, 0.29) is 23.7 Å². The molecule has 0 heterocycles. The number of aryl methyl sites for hydroxylation is 1. The summed E-state index contributed by atoms with van der Waals surface area (Å²) < 4.78 is 0. The van der Waals surface area contributed by atoms with Gasteiger partial charge in [0, 0.05) is 6.04 Å². The van der Waals surface area contributed by atoms with Crippen molar-refractivity contribution in [2.75, 3.05) is 6.54 Å². The quantitative estimate of drug-likeness (QED) is 0.585. The summed E-state index contributed by atoms with van der Waals surface area (Å²) in [5, 5.41) is 25.4. The van der Waals surface area contributed by atoms with Crippen molar-refractivity contribution < 1.29 is 10.2 Å². The van der Waals surface area contributed by atoms with Crippen LogP contribution in [-0.4, -0.2) is 35.0 Å². The zero-order valence-electron chi connectivity index (χ0n) is 19.6. The number of benzene rings is 1. The van der Waals surface area contributed by atoms with Crippen LogP contribution >= 0.6 is 0 Å². The second-order valence-corrected chi connectivity index (χ2v) is 12.0. The molecule has 0 radical (unpaired) electrons. The highest BCUT2D eigenvalue weighted by Gasteiger charge is 2.60. The lowest BCUT2D eigenvalue weighted by atomic mass is 9.44. The Morgan fingerprint density at radius 3 is 2.52 bits per heavy atom. The van der Waals surface area contributed by atoms with Crippen LogP contribution in [0, 0.1) is 34.5 Å². The Morgan fingerprint density at radius 1 is 0.935 bits per heavy atom. The molecule has 4 aliphatic rings. The smallest absolute Gasteiger partial charge is 0.0696 e. The highest BCUT2D eigenvalue weighted by atomic mass is 16.3. The van der Waals surface area contributed by atoms with E-state index in [2.05, 4.69) is 49.5 Å². The molecule has 0 amide bonds. The standard InChI is InChI=1S/C28H43NO2/c1-27-15-14-23-21(22(27)12-13-26(27)31)11-10-20-17-25(30)24(18-28(20,23)2)29-16-6-9-19-7-4-3-5-8-19/h3-5,7-8,20-26,29-31H,6,9-18H2,1-2H3/t20-,21-,22-,23-,24-,25-,26-,27-,28-/m0/s1. The number of aliphatic hydroxyl groups excluding tert-OH is 2. The molecule has 3 N–H and O–H groups in total. The molecule has 0 saturated heterocycles. The molecule has 0 bridgehead atoms. The van der Waals surface area contributed by atoms with Crippen LogP contribution in [0.2, 0.25) is 0 Å². The molecule has 5 rings (SSSR count). The molecule has 1 aromatic carbocycles. The molecule has 1 aromatic rings. The van der Waals surface area contributed by atoms with Crippen molar-refractivity contribution in [1.29, 1.82) is 0 Å². The van der Waals surface area contributed by atoms with E-state index < -0.39 is 0 Å². The van der Waals surface area contributed by atoms with Gasteiger partial charge in [-0.2, -0.15) is 0 Å². The van der Waals surface area contributed by atoms with Gasteiger partial charge in [-0.15, -0.1) is 0 Å². The lowest BCUT2D eigenvalue weighted by molar-refractivity contribution is -0.140. The fourth-order valence-electron chi connectivity index (χ4n) is 8.71. The number of aliphatic hydroxyl groups is 2. The van der Waals surface area contributed by atoms with E-state index in [1.165, 1.54) is 37.7 Å². The lowest BCUT2D eigenvalue weighted by Crippen LogP contribution is -2.59. The van der Waals surface area contributed by atoms with Crippen LogP contribution in [0.25, 0.3) is 0 Å². The Morgan fingerprint density at radius 2 is 1.71 bits per heavy atom. The Kier molecular flexibility index (Phi) is 5.99. The van der Waals surface area contributed by atoms with Crippen molar-refractivity contribution >= 4 is 0 Å². The summed E-state index contributed by atoms with van der Waals surface area (Å²) in [6.45, 7) is 5.92. The van der Waals surface area contributed by atoms with Crippen molar-refractivity contribution in [3.05, 3.63) is 35.9 Å². The average molecular weight is 426 g/mol. The second kappa shape index (κ2) is 8.47. The molecule has 172 valence electrons. The lowest BCUT2D eigenvalue weighted by Gasteiger charge is -2.61. The Balaban J connectivity index is 1.24. The summed E-state index contributed by atoms with van der Waals surface area (Å²) in [7, 11) is 0. The fourth-order valence-corrected chi connectivity index (χ4v) is 8.71. The maximum atomic E-state index is 11.0. The summed E-state index contributed by atoms with van der Waals surface area (Å²) in [5.74, 6) is 2.94. The molecule has 4 saturated carbocycles. The summed E-state index contributed by atoms with van der Waals surface area (Å²) in [4.78, 5) is 0.